The normalized spacial score (nSPS) is 13.7. The van der Waals surface area contributed by atoms with Gasteiger partial charge in [-0.1, -0.05) is 19.1 Å². The van der Waals surface area contributed by atoms with Crippen molar-refractivity contribution in [2.45, 2.75) is 45.8 Å². The number of carbonyl (C=O) groups excluding carboxylic acids is 1. The third-order valence-corrected chi connectivity index (χ3v) is 4.94. The van der Waals surface area contributed by atoms with E-state index in [0.717, 1.165) is 61.5 Å². The molecule has 1 aromatic heterocycles. The maximum atomic E-state index is 13.2. The van der Waals surface area contributed by atoms with Crippen LogP contribution in [-0.4, -0.2) is 41.5 Å². The third kappa shape index (κ3) is 7.18. The van der Waals surface area contributed by atoms with Crippen LogP contribution in [0.4, 0.5) is 0 Å². The number of nitrogens with one attached hydrogen (secondary N) is 1. The minimum absolute atomic E-state index is 0. The Morgan fingerprint density at radius 3 is 2.62 bits per heavy atom. The van der Waals surface area contributed by atoms with E-state index in [1.807, 2.05) is 43.3 Å². The first kappa shape index (κ1) is 25.2. The molecule has 5 nitrogen and oxygen atoms in total. The lowest BCUT2D eigenvalue weighted by Gasteiger charge is -2.34. The van der Waals surface area contributed by atoms with E-state index < -0.39 is 0 Å². The van der Waals surface area contributed by atoms with Gasteiger partial charge in [-0.2, -0.15) is 0 Å². The molecule has 7 heteroatoms. The lowest BCUT2D eigenvalue weighted by Crippen LogP contribution is -2.46. The highest BCUT2D eigenvalue weighted by molar-refractivity contribution is 5.94. The van der Waals surface area contributed by atoms with E-state index in [1.165, 1.54) is 0 Å². The van der Waals surface area contributed by atoms with Crippen LogP contribution in [0.2, 0.25) is 0 Å². The molecule has 0 bridgehead atoms. The average molecular weight is 440 g/mol. The van der Waals surface area contributed by atoms with Gasteiger partial charge < -0.3 is 15.0 Å². The summed E-state index contributed by atoms with van der Waals surface area (Å²) >= 11 is 0. The Morgan fingerprint density at radius 1 is 1.21 bits per heavy atom. The van der Waals surface area contributed by atoms with E-state index in [9.17, 15) is 4.79 Å². The van der Waals surface area contributed by atoms with E-state index in [0.29, 0.717) is 12.6 Å². The fourth-order valence-corrected chi connectivity index (χ4v) is 3.48. The van der Waals surface area contributed by atoms with Crippen molar-refractivity contribution in [3.63, 3.8) is 0 Å². The number of rotatable bonds is 7. The molecule has 1 aliphatic rings. The standard InChI is InChI=1S/C22H29N3O2.2ClH/c1-3-13-25(20-9-11-23-12-10-20)22(26)19-6-4-5-18(14-19)16-27-21-8-7-17(2)24-15-21;;/h4-8,14-15,20,23H,3,9-13,16H2,1-2H3;2*1H. The van der Waals surface area contributed by atoms with Crippen molar-refractivity contribution in [2.75, 3.05) is 19.6 Å². The van der Waals surface area contributed by atoms with E-state index in [-0.39, 0.29) is 30.7 Å². The number of aromatic nitrogens is 1. The summed E-state index contributed by atoms with van der Waals surface area (Å²) in [5.74, 6) is 0.863. The fraction of sp³-hybridized carbons (Fsp3) is 0.455. The predicted octanol–water partition coefficient (Wildman–Crippen LogP) is 4.42. The highest BCUT2D eigenvalue weighted by Gasteiger charge is 2.25. The van der Waals surface area contributed by atoms with Crippen LogP contribution in [0.25, 0.3) is 0 Å². The monoisotopic (exact) mass is 439 g/mol. The van der Waals surface area contributed by atoms with Gasteiger partial charge in [0, 0.05) is 23.8 Å². The smallest absolute Gasteiger partial charge is 0.254 e. The second-order valence-electron chi connectivity index (χ2n) is 7.10. The van der Waals surface area contributed by atoms with Gasteiger partial charge in [-0.15, -0.1) is 24.8 Å². The van der Waals surface area contributed by atoms with Crippen LogP contribution in [0, 0.1) is 6.92 Å². The molecule has 2 aromatic rings. The van der Waals surface area contributed by atoms with Gasteiger partial charge in [-0.3, -0.25) is 9.78 Å². The molecular formula is C22H31Cl2N3O2. The molecule has 0 saturated carbocycles. The van der Waals surface area contributed by atoms with Gasteiger partial charge in [0.2, 0.25) is 0 Å². The van der Waals surface area contributed by atoms with E-state index in [2.05, 4.69) is 22.1 Å². The molecular weight excluding hydrogens is 409 g/mol. The molecule has 0 spiro atoms. The van der Waals surface area contributed by atoms with Gasteiger partial charge in [0.05, 0.1) is 6.20 Å². The van der Waals surface area contributed by atoms with Gasteiger partial charge in [0.1, 0.15) is 12.4 Å². The SMILES string of the molecule is CCCN(C(=O)c1cccc(COc2ccc(C)nc2)c1)C1CCNCC1.Cl.Cl. The fourth-order valence-electron chi connectivity index (χ4n) is 3.48. The van der Waals surface area contributed by atoms with Crippen LogP contribution in [0.15, 0.2) is 42.6 Å². The summed E-state index contributed by atoms with van der Waals surface area (Å²) in [6.45, 7) is 7.27. The van der Waals surface area contributed by atoms with E-state index in [4.69, 9.17) is 4.74 Å². The van der Waals surface area contributed by atoms with Crippen LogP contribution < -0.4 is 10.1 Å². The Morgan fingerprint density at radius 2 is 1.97 bits per heavy atom. The Hall–Kier alpha value is -1.82. The number of ether oxygens (including phenoxy) is 1. The summed E-state index contributed by atoms with van der Waals surface area (Å²) in [5.41, 5.74) is 2.69. The molecule has 1 fully saturated rings. The maximum Gasteiger partial charge on any atom is 0.254 e. The maximum absolute atomic E-state index is 13.2. The van der Waals surface area contributed by atoms with Crippen LogP contribution in [-0.2, 0) is 6.61 Å². The van der Waals surface area contributed by atoms with E-state index in [1.54, 1.807) is 6.20 Å². The van der Waals surface area contributed by atoms with Gasteiger partial charge in [-0.25, -0.2) is 0 Å². The van der Waals surface area contributed by atoms with Crippen molar-refractivity contribution < 1.29 is 9.53 Å². The number of halogens is 2. The van der Waals surface area contributed by atoms with Crippen molar-refractivity contribution >= 4 is 30.7 Å². The second-order valence-corrected chi connectivity index (χ2v) is 7.10. The first-order valence-electron chi connectivity index (χ1n) is 9.83. The van der Waals surface area contributed by atoms with Crippen LogP contribution >= 0.6 is 24.8 Å². The zero-order valence-corrected chi connectivity index (χ0v) is 18.7. The summed E-state index contributed by atoms with van der Waals surface area (Å²) < 4.78 is 5.81. The van der Waals surface area contributed by atoms with Crippen molar-refractivity contribution in [3.05, 3.63) is 59.4 Å². The molecule has 3 rings (SSSR count). The summed E-state index contributed by atoms with van der Waals surface area (Å²) in [7, 11) is 0. The number of pyridine rings is 1. The van der Waals surface area contributed by atoms with Gasteiger partial charge in [0.15, 0.2) is 0 Å². The minimum atomic E-state index is 0. The number of nitrogens with zero attached hydrogens (tertiary/aromatic N) is 2. The number of amides is 1. The molecule has 1 aromatic carbocycles. The molecule has 2 heterocycles. The Labute approximate surface area is 186 Å². The summed E-state index contributed by atoms with van der Waals surface area (Å²) in [6, 6.07) is 12.0. The number of hydrogen-bond donors (Lipinski definition) is 1. The molecule has 1 aliphatic heterocycles. The second kappa shape index (κ2) is 12.7. The van der Waals surface area contributed by atoms with Gasteiger partial charge >= 0.3 is 0 Å². The molecule has 1 saturated heterocycles. The summed E-state index contributed by atoms with van der Waals surface area (Å²) in [4.78, 5) is 19.5. The predicted molar refractivity (Wildman–Crippen MR) is 121 cm³/mol. The number of carbonyl (C=O) groups is 1. The molecule has 0 radical (unpaired) electrons. The zero-order chi connectivity index (χ0) is 19.1. The first-order valence-corrected chi connectivity index (χ1v) is 9.83. The number of hydrogen-bond acceptors (Lipinski definition) is 4. The Balaban J connectivity index is 0.00000210. The lowest BCUT2D eigenvalue weighted by atomic mass is 10.0. The largest absolute Gasteiger partial charge is 0.487 e. The quantitative estimate of drug-likeness (QED) is 0.693. The summed E-state index contributed by atoms with van der Waals surface area (Å²) in [5, 5.41) is 3.38. The molecule has 160 valence electrons. The summed E-state index contributed by atoms with van der Waals surface area (Å²) in [6.07, 6.45) is 4.74. The highest BCUT2D eigenvalue weighted by atomic mass is 35.5. The first-order chi connectivity index (χ1) is 13.2. The van der Waals surface area contributed by atoms with Crippen LogP contribution in [0.3, 0.4) is 0 Å². The van der Waals surface area contributed by atoms with Crippen LogP contribution in [0.1, 0.15) is 47.8 Å². The number of piperidine rings is 1. The zero-order valence-electron chi connectivity index (χ0n) is 17.1. The molecule has 1 N–H and O–H groups in total. The van der Waals surface area contributed by atoms with Crippen molar-refractivity contribution in [1.82, 2.24) is 15.2 Å². The number of aryl methyl sites for hydroxylation is 1. The molecule has 29 heavy (non-hydrogen) atoms. The Kier molecular flexibility index (Phi) is 11.0. The number of benzene rings is 1. The van der Waals surface area contributed by atoms with E-state index >= 15 is 0 Å². The highest BCUT2D eigenvalue weighted by Crippen LogP contribution is 2.18. The van der Waals surface area contributed by atoms with Crippen molar-refractivity contribution in [3.8, 4) is 5.75 Å². The third-order valence-electron chi connectivity index (χ3n) is 4.94. The molecule has 1 amide bonds. The topological polar surface area (TPSA) is 54.5 Å². The van der Waals surface area contributed by atoms with Gasteiger partial charge in [-0.05, 0) is 69.1 Å². The molecule has 0 aliphatic carbocycles. The molecule has 0 unspecified atom stereocenters. The van der Waals surface area contributed by atoms with Crippen molar-refractivity contribution in [2.24, 2.45) is 0 Å². The van der Waals surface area contributed by atoms with Crippen LogP contribution in [0.5, 0.6) is 5.75 Å². The van der Waals surface area contributed by atoms with Crippen molar-refractivity contribution in [1.29, 1.82) is 0 Å². The Bertz CT molecular complexity index is 750. The average Bonchev–Trinajstić information content (AvgIpc) is 2.72. The molecule has 0 atom stereocenters. The van der Waals surface area contributed by atoms with Gasteiger partial charge in [0.25, 0.3) is 5.91 Å². The minimum Gasteiger partial charge on any atom is -0.487 e. The lowest BCUT2D eigenvalue weighted by molar-refractivity contribution is 0.0642.